The standard InChI is InChI=1S/C14H18N2/c1-4-12(3)16-10-11(2)15-9-13-7-5-6-8-14(13)16/h1,5-8,11-12,15H,9-10H2,2-3H3. The lowest BCUT2D eigenvalue weighted by atomic mass is 10.1. The van der Waals surface area contributed by atoms with Gasteiger partial charge in [-0.15, -0.1) is 6.42 Å². The van der Waals surface area contributed by atoms with Crippen molar-refractivity contribution in [2.45, 2.75) is 32.5 Å². The number of terminal acetylenes is 1. The van der Waals surface area contributed by atoms with Gasteiger partial charge in [0, 0.05) is 24.8 Å². The maximum absolute atomic E-state index is 5.54. The molecule has 0 spiro atoms. The zero-order valence-electron chi connectivity index (χ0n) is 9.90. The van der Waals surface area contributed by atoms with E-state index in [0.717, 1.165) is 13.1 Å². The summed E-state index contributed by atoms with van der Waals surface area (Å²) in [5.74, 6) is 2.82. The van der Waals surface area contributed by atoms with Gasteiger partial charge < -0.3 is 10.2 Å². The minimum atomic E-state index is 0.142. The van der Waals surface area contributed by atoms with E-state index in [0.29, 0.717) is 6.04 Å². The number of benzene rings is 1. The highest BCUT2D eigenvalue weighted by molar-refractivity contribution is 5.56. The molecular formula is C14H18N2. The van der Waals surface area contributed by atoms with Gasteiger partial charge in [0.2, 0.25) is 0 Å². The third-order valence-electron chi connectivity index (χ3n) is 3.12. The van der Waals surface area contributed by atoms with Crippen LogP contribution in [0.25, 0.3) is 0 Å². The van der Waals surface area contributed by atoms with Crippen LogP contribution in [0.5, 0.6) is 0 Å². The van der Waals surface area contributed by atoms with E-state index >= 15 is 0 Å². The molecule has 0 fully saturated rings. The number of anilines is 1. The second kappa shape index (κ2) is 4.59. The van der Waals surface area contributed by atoms with E-state index in [1.165, 1.54) is 11.3 Å². The van der Waals surface area contributed by atoms with Gasteiger partial charge >= 0.3 is 0 Å². The van der Waals surface area contributed by atoms with Crippen LogP contribution in [0.2, 0.25) is 0 Å². The highest BCUT2D eigenvalue weighted by Crippen LogP contribution is 2.24. The molecule has 0 radical (unpaired) electrons. The van der Waals surface area contributed by atoms with Gasteiger partial charge in [0.25, 0.3) is 0 Å². The highest BCUT2D eigenvalue weighted by atomic mass is 15.2. The molecule has 0 amide bonds. The van der Waals surface area contributed by atoms with Gasteiger partial charge in [-0.2, -0.15) is 0 Å². The summed E-state index contributed by atoms with van der Waals surface area (Å²) in [6, 6.07) is 9.08. The van der Waals surface area contributed by atoms with Crippen LogP contribution in [0.3, 0.4) is 0 Å². The fraction of sp³-hybridized carbons (Fsp3) is 0.429. The van der Waals surface area contributed by atoms with Gasteiger partial charge in [-0.3, -0.25) is 0 Å². The molecule has 0 aromatic heterocycles. The molecule has 1 heterocycles. The van der Waals surface area contributed by atoms with E-state index in [4.69, 9.17) is 6.42 Å². The number of nitrogens with zero attached hydrogens (tertiary/aromatic N) is 1. The minimum Gasteiger partial charge on any atom is -0.356 e. The van der Waals surface area contributed by atoms with Crippen LogP contribution in [0.4, 0.5) is 5.69 Å². The van der Waals surface area contributed by atoms with Gasteiger partial charge in [0.15, 0.2) is 0 Å². The minimum absolute atomic E-state index is 0.142. The second-order valence-electron chi connectivity index (χ2n) is 4.41. The molecule has 2 rings (SSSR count). The summed E-state index contributed by atoms with van der Waals surface area (Å²) in [5, 5.41) is 3.50. The second-order valence-corrected chi connectivity index (χ2v) is 4.41. The largest absolute Gasteiger partial charge is 0.356 e. The summed E-state index contributed by atoms with van der Waals surface area (Å²) in [6.45, 7) is 6.16. The Morgan fingerprint density at radius 2 is 2.25 bits per heavy atom. The SMILES string of the molecule is C#CC(C)N1CC(C)NCc2ccccc21. The maximum atomic E-state index is 5.54. The van der Waals surface area contributed by atoms with Gasteiger partial charge in [-0.1, -0.05) is 24.1 Å². The Labute approximate surface area is 97.7 Å². The first kappa shape index (κ1) is 11.0. The van der Waals surface area contributed by atoms with E-state index in [2.05, 4.69) is 54.3 Å². The van der Waals surface area contributed by atoms with Crippen molar-refractivity contribution < 1.29 is 0 Å². The van der Waals surface area contributed by atoms with Crippen molar-refractivity contribution in [3.8, 4) is 12.3 Å². The van der Waals surface area contributed by atoms with Crippen LogP contribution in [0.1, 0.15) is 19.4 Å². The molecule has 1 aliphatic rings. The first-order valence-corrected chi connectivity index (χ1v) is 5.76. The summed E-state index contributed by atoms with van der Waals surface area (Å²) in [4.78, 5) is 2.31. The van der Waals surface area contributed by atoms with Crippen LogP contribution in [-0.4, -0.2) is 18.6 Å². The quantitative estimate of drug-likeness (QED) is 0.719. The van der Waals surface area contributed by atoms with Crippen molar-refractivity contribution in [1.82, 2.24) is 5.32 Å². The summed E-state index contributed by atoms with van der Waals surface area (Å²) >= 11 is 0. The topological polar surface area (TPSA) is 15.3 Å². The molecule has 2 nitrogen and oxygen atoms in total. The van der Waals surface area contributed by atoms with Gasteiger partial charge in [-0.05, 0) is 25.5 Å². The average molecular weight is 214 g/mol. The predicted octanol–water partition coefficient (Wildman–Crippen LogP) is 2.01. The Kier molecular flexibility index (Phi) is 3.17. The Bertz CT molecular complexity index is 405. The Balaban J connectivity index is 2.39. The lowest BCUT2D eigenvalue weighted by molar-refractivity contribution is 0.547. The monoisotopic (exact) mass is 214 g/mol. The highest BCUT2D eigenvalue weighted by Gasteiger charge is 2.21. The fourth-order valence-electron chi connectivity index (χ4n) is 2.14. The lowest BCUT2D eigenvalue weighted by Gasteiger charge is -2.29. The summed E-state index contributed by atoms with van der Waals surface area (Å²) in [6.07, 6.45) is 5.54. The molecule has 2 atom stereocenters. The molecule has 2 heteroatoms. The third kappa shape index (κ3) is 2.05. The molecule has 1 aliphatic heterocycles. The van der Waals surface area contributed by atoms with Crippen LogP contribution >= 0.6 is 0 Å². The predicted molar refractivity (Wildman–Crippen MR) is 68.4 cm³/mol. The van der Waals surface area contributed by atoms with Gasteiger partial charge in [-0.25, -0.2) is 0 Å². The van der Waals surface area contributed by atoms with Crippen molar-refractivity contribution in [3.05, 3.63) is 29.8 Å². The molecule has 1 aromatic carbocycles. The molecule has 0 bridgehead atoms. The number of hydrogen-bond donors (Lipinski definition) is 1. The molecule has 16 heavy (non-hydrogen) atoms. The van der Waals surface area contributed by atoms with E-state index in [-0.39, 0.29) is 6.04 Å². The summed E-state index contributed by atoms with van der Waals surface area (Å²) in [5.41, 5.74) is 2.60. The van der Waals surface area contributed by atoms with Crippen molar-refractivity contribution in [3.63, 3.8) is 0 Å². The Morgan fingerprint density at radius 1 is 1.50 bits per heavy atom. The first-order valence-electron chi connectivity index (χ1n) is 5.76. The molecule has 0 saturated carbocycles. The van der Waals surface area contributed by atoms with E-state index in [9.17, 15) is 0 Å². The Morgan fingerprint density at radius 3 is 3.00 bits per heavy atom. The number of nitrogens with one attached hydrogen (secondary N) is 1. The molecule has 84 valence electrons. The molecule has 1 N–H and O–H groups in total. The first-order chi connectivity index (χ1) is 7.72. The summed E-state index contributed by atoms with van der Waals surface area (Å²) < 4.78 is 0. The van der Waals surface area contributed by atoms with Crippen molar-refractivity contribution in [2.24, 2.45) is 0 Å². The molecule has 1 aromatic rings. The van der Waals surface area contributed by atoms with E-state index in [1.54, 1.807) is 0 Å². The zero-order valence-corrected chi connectivity index (χ0v) is 9.90. The number of para-hydroxylation sites is 1. The van der Waals surface area contributed by atoms with Gasteiger partial charge in [0.05, 0.1) is 6.04 Å². The van der Waals surface area contributed by atoms with Crippen LogP contribution in [0.15, 0.2) is 24.3 Å². The fourth-order valence-corrected chi connectivity index (χ4v) is 2.14. The smallest absolute Gasteiger partial charge is 0.0874 e. The average Bonchev–Trinajstić information content (AvgIpc) is 2.48. The number of hydrogen-bond acceptors (Lipinski definition) is 2. The van der Waals surface area contributed by atoms with Crippen LogP contribution < -0.4 is 10.2 Å². The number of rotatable bonds is 1. The zero-order chi connectivity index (χ0) is 11.5. The lowest BCUT2D eigenvalue weighted by Crippen LogP contribution is -2.40. The van der Waals surface area contributed by atoms with Crippen molar-refractivity contribution in [2.75, 3.05) is 11.4 Å². The van der Waals surface area contributed by atoms with E-state index < -0.39 is 0 Å². The molecule has 0 aliphatic carbocycles. The van der Waals surface area contributed by atoms with Crippen molar-refractivity contribution in [1.29, 1.82) is 0 Å². The Hall–Kier alpha value is -1.46. The van der Waals surface area contributed by atoms with Crippen LogP contribution in [0, 0.1) is 12.3 Å². The molecule has 2 unspecified atom stereocenters. The number of fused-ring (bicyclic) bond motifs is 1. The van der Waals surface area contributed by atoms with Gasteiger partial charge in [0.1, 0.15) is 0 Å². The normalized spacial score (nSPS) is 21.8. The van der Waals surface area contributed by atoms with Crippen molar-refractivity contribution >= 4 is 5.69 Å². The van der Waals surface area contributed by atoms with E-state index in [1.807, 2.05) is 0 Å². The maximum Gasteiger partial charge on any atom is 0.0874 e. The summed E-state index contributed by atoms with van der Waals surface area (Å²) in [7, 11) is 0. The molecule has 0 saturated heterocycles. The van der Waals surface area contributed by atoms with Crippen LogP contribution in [-0.2, 0) is 6.54 Å². The molecular weight excluding hydrogens is 196 g/mol. The third-order valence-corrected chi connectivity index (χ3v) is 3.12.